The fourth-order valence-electron chi connectivity index (χ4n) is 2.24. The van der Waals surface area contributed by atoms with Crippen LogP contribution in [0.3, 0.4) is 0 Å². The third-order valence-corrected chi connectivity index (χ3v) is 3.48. The summed E-state index contributed by atoms with van der Waals surface area (Å²) in [6, 6.07) is 3.07. The molecule has 21 heavy (non-hydrogen) atoms. The summed E-state index contributed by atoms with van der Waals surface area (Å²) in [5.74, 6) is -0.616. The SMILES string of the molecule is COC(=O)c1ccc(C(=O)N2CCN(CCO)CC2)nc1. The highest BCUT2D eigenvalue weighted by Crippen LogP contribution is 2.08. The van der Waals surface area contributed by atoms with Crippen molar-refractivity contribution in [3.8, 4) is 0 Å². The van der Waals surface area contributed by atoms with Crippen molar-refractivity contribution in [3.05, 3.63) is 29.6 Å². The number of rotatable bonds is 4. The lowest BCUT2D eigenvalue weighted by molar-refractivity contribution is 0.0590. The molecule has 1 saturated heterocycles. The number of ether oxygens (including phenoxy) is 1. The topological polar surface area (TPSA) is 83.0 Å². The van der Waals surface area contributed by atoms with Crippen molar-refractivity contribution >= 4 is 11.9 Å². The van der Waals surface area contributed by atoms with Gasteiger partial charge in [0.15, 0.2) is 0 Å². The largest absolute Gasteiger partial charge is 0.465 e. The van der Waals surface area contributed by atoms with E-state index in [4.69, 9.17) is 5.11 Å². The Balaban J connectivity index is 1.96. The van der Waals surface area contributed by atoms with Crippen molar-refractivity contribution in [2.75, 3.05) is 46.4 Å². The highest BCUT2D eigenvalue weighted by Gasteiger charge is 2.22. The molecule has 1 aliphatic rings. The van der Waals surface area contributed by atoms with E-state index in [2.05, 4.69) is 14.6 Å². The lowest BCUT2D eigenvalue weighted by Crippen LogP contribution is -2.49. The first-order valence-corrected chi connectivity index (χ1v) is 6.82. The van der Waals surface area contributed by atoms with Crippen molar-refractivity contribution in [1.82, 2.24) is 14.8 Å². The Morgan fingerprint density at radius 1 is 1.29 bits per heavy atom. The van der Waals surface area contributed by atoms with Gasteiger partial charge in [-0.05, 0) is 12.1 Å². The van der Waals surface area contributed by atoms with Crippen molar-refractivity contribution in [3.63, 3.8) is 0 Å². The number of carbonyl (C=O) groups excluding carboxylic acids is 2. The van der Waals surface area contributed by atoms with Crippen molar-refractivity contribution in [2.45, 2.75) is 0 Å². The summed E-state index contributed by atoms with van der Waals surface area (Å²) in [6.07, 6.45) is 1.35. The number of β-amino-alcohol motifs (C(OH)–C–C–N with tert-alkyl or cyclic N) is 1. The van der Waals surface area contributed by atoms with E-state index < -0.39 is 5.97 Å². The number of methoxy groups -OCH3 is 1. The molecule has 7 heteroatoms. The summed E-state index contributed by atoms with van der Waals surface area (Å²) < 4.78 is 4.59. The lowest BCUT2D eigenvalue weighted by Gasteiger charge is -2.34. The van der Waals surface area contributed by atoms with Gasteiger partial charge in [-0.25, -0.2) is 4.79 Å². The Labute approximate surface area is 123 Å². The molecule has 114 valence electrons. The Morgan fingerprint density at radius 3 is 2.52 bits per heavy atom. The molecule has 0 atom stereocenters. The maximum absolute atomic E-state index is 12.3. The second-order valence-electron chi connectivity index (χ2n) is 4.78. The molecule has 1 aromatic heterocycles. The first kappa shape index (κ1) is 15.4. The summed E-state index contributed by atoms with van der Waals surface area (Å²) >= 11 is 0. The second-order valence-corrected chi connectivity index (χ2v) is 4.78. The van der Waals surface area contributed by atoms with Crippen LogP contribution in [0.2, 0.25) is 0 Å². The molecule has 1 amide bonds. The van der Waals surface area contributed by atoms with E-state index in [0.29, 0.717) is 30.9 Å². The normalized spacial score (nSPS) is 15.8. The zero-order valence-corrected chi connectivity index (χ0v) is 12.0. The van der Waals surface area contributed by atoms with Gasteiger partial charge in [0.25, 0.3) is 5.91 Å². The third kappa shape index (κ3) is 3.77. The van der Waals surface area contributed by atoms with Crippen molar-refractivity contribution in [1.29, 1.82) is 0 Å². The van der Waals surface area contributed by atoms with Crippen LogP contribution in [0.1, 0.15) is 20.8 Å². The molecule has 2 heterocycles. The highest BCUT2D eigenvalue weighted by atomic mass is 16.5. The number of esters is 1. The van der Waals surface area contributed by atoms with Crippen LogP contribution >= 0.6 is 0 Å². The predicted octanol–water partition coefficient (Wildman–Crippen LogP) is -0.382. The number of nitrogens with zero attached hydrogens (tertiary/aromatic N) is 3. The van der Waals surface area contributed by atoms with E-state index >= 15 is 0 Å². The summed E-state index contributed by atoms with van der Waals surface area (Å²) in [6.45, 7) is 3.47. The van der Waals surface area contributed by atoms with Crippen molar-refractivity contribution < 1.29 is 19.4 Å². The van der Waals surface area contributed by atoms with Gasteiger partial charge in [-0.1, -0.05) is 0 Å². The minimum atomic E-state index is -0.473. The molecule has 0 bridgehead atoms. The first-order valence-electron chi connectivity index (χ1n) is 6.82. The fraction of sp³-hybridized carbons (Fsp3) is 0.500. The second kappa shape index (κ2) is 7.14. The van der Waals surface area contributed by atoms with Gasteiger partial charge >= 0.3 is 5.97 Å². The van der Waals surface area contributed by atoms with Gasteiger partial charge in [-0.2, -0.15) is 0 Å². The van der Waals surface area contributed by atoms with E-state index in [1.807, 2.05) is 0 Å². The van der Waals surface area contributed by atoms with Gasteiger partial charge in [-0.15, -0.1) is 0 Å². The smallest absolute Gasteiger partial charge is 0.339 e. The number of aliphatic hydroxyl groups is 1. The molecule has 1 aromatic rings. The average Bonchev–Trinajstić information content (AvgIpc) is 2.54. The molecular formula is C14H19N3O4. The lowest BCUT2D eigenvalue weighted by atomic mass is 10.2. The van der Waals surface area contributed by atoms with Gasteiger partial charge < -0.3 is 14.7 Å². The Bertz CT molecular complexity index is 495. The maximum atomic E-state index is 12.3. The van der Waals surface area contributed by atoms with Crippen LogP contribution in [-0.4, -0.2) is 78.2 Å². The zero-order chi connectivity index (χ0) is 15.2. The van der Waals surface area contributed by atoms with Gasteiger partial charge in [0, 0.05) is 38.9 Å². The average molecular weight is 293 g/mol. The van der Waals surface area contributed by atoms with Gasteiger partial charge in [0.05, 0.1) is 19.3 Å². The minimum Gasteiger partial charge on any atom is -0.465 e. The first-order chi connectivity index (χ1) is 10.2. The number of piperazine rings is 1. The molecule has 7 nitrogen and oxygen atoms in total. The quantitative estimate of drug-likeness (QED) is 0.762. The van der Waals surface area contributed by atoms with Crippen LogP contribution in [0.25, 0.3) is 0 Å². The molecule has 1 aliphatic heterocycles. The standard InChI is InChI=1S/C14H19N3O4/c1-21-14(20)11-2-3-12(15-10-11)13(19)17-6-4-16(5-7-17)8-9-18/h2-3,10,18H,4-9H2,1H3. The molecule has 0 saturated carbocycles. The van der Waals surface area contributed by atoms with E-state index in [-0.39, 0.29) is 12.5 Å². The number of aliphatic hydroxyl groups excluding tert-OH is 1. The molecule has 1 fully saturated rings. The van der Waals surface area contributed by atoms with Gasteiger partial charge in [-0.3, -0.25) is 14.7 Å². The Kier molecular flexibility index (Phi) is 5.24. The van der Waals surface area contributed by atoms with Crippen LogP contribution in [0.4, 0.5) is 0 Å². The molecule has 0 spiro atoms. The van der Waals surface area contributed by atoms with Crippen LogP contribution in [0, 0.1) is 0 Å². The monoisotopic (exact) mass is 293 g/mol. The van der Waals surface area contributed by atoms with Gasteiger partial charge in [0.1, 0.15) is 5.69 Å². The van der Waals surface area contributed by atoms with Crippen molar-refractivity contribution in [2.24, 2.45) is 0 Å². The highest BCUT2D eigenvalue weighted by molar-refractivity contribution is 5.94. The van der Waals surface area contributed by atoms with Gasteiger partial charge in [0.2, 0.25) is 0 Å². The number of amides is 1. The Morgan fingerprint density at radius 2 is 2.00 bits per heavy atom. The number of hydrogen-bond acceptors (Lipinski definition) is 6. The number of hydrogen-bond donors (Lipinski definition) is 1. The molecule has 0 radical (unpaired) electrons. The molecule has 0 aromatic carbocycles. The van der Waals surface area contributed by atoms with Crippen LogP contribution in [0.15, 0.2) is 18.3 Å². The maximum Gasteiger partial charge on any atom is 0.339 e. The summed E-state index contributed by atoms with van der Waals surface area (Å²) in [4.78, 5) is 31.5. The van der Waals surface area contributed by atoms with Crippen LogP contribution in [-0.2, 0) is 4.74 Å². The molecule has 0 aliphatic carbocycles. The zero-order valence-electron chi connectivity index (χ0n) is 12.0. The van der Waals surface area contributed by atoms with E-state index in [1.54, 1.807) is 4.90 Å². The summed E-state index contributed by atoms with van der Waals surface area (Å²) in [5, 5.41) is 8.89. The number of aromatic nitrogens is 1. The molecular weight excluding hydrogens is 274 g/mol. The molecule has 1 N–H and O–H groups in total. The summed E-state index contributed by atoms with van der Waals surface area (Å²) in [5.41, 5.74) is 0.639. The number of pyridine rings is 1. The van der Waals surface area contributed by atoms with E-state index in [1.165, 1.54) is 25.4 Å². The minimum absolute atomic E-state index is 0.129. The predicted molar refractivity (Wildman–Crippen MR) is 75.0 cm³/mol. The van der Waals surface area contributed by atoms with Crippen LogP contribution in [0.5, 0.6) is 0 Å². The number of carbonyl (C=O) groups is 2. The molecule has 2 rings (SSSR count). The fourth-order valence-corrected chi connectivity index (χ4v) is 2.24. The van der Waals surface area contributed by atoms with E-state index in [0.717, 1.165) is 13.1 Å². The Hall–Kier alpha value is -1.99. The summed E-state index contributed by atoms with van der Waals surface area (Å²) in [7, 11) is 1.30. The van der Waals surface area contributed by atoms with E-state index in [9.17, 15) is 9.59 Å². The van der Waals surface area contributed by atoms with Crippen LogP contribution < -0.4 is 0 Å². The molecule has 0 unspecified atom stereocenters. The third-order valence-electron chi connectivity index (χ3n) is 3.48.